The number of hydrogen-bond acceptors (Lipinski definition) is 6. The van der Waals surface area contributed by atoms with Crippen LogP contribution < -0.4 is 9.47 Å². The third-order valence-electron chi connectivity index (χ3n) is 3.68. The molecule has 7 heteroatoms. The molecule has 6 nitrogen and oxygen atoms in total. The van der Waals surface area contributed by atoms with Crippen molar-refractivity contribution in [3.8, 4) is 23.0 Å². The molecule has 0 bridgehead atoms. The summed E-state index contributed by atoms with van der Waals surface area (Å²) in [6.07, 6.45) is 5.44. The van der Waals surface area contributed by atoms with E-state index in [0.29, 0.717) is 22.6 Å². The molecule has 0 aliphatic carbocycles. The van der Waals surface area contributed by atoms with Crippen LogP contribution in [0.3, 0.4) is 0 Å². The standard InChI is InChI=1S/C21H20O6.Ca/c1-26-20-11-14(5-9-18(20)24)3-7-16(22)13-17(23)8-4-15-6-10-19(25)21(12-15)27-2;/h3-12,24-25H,13H2,1-2H3;. The van der Waals surface area contributed by atoms with Gasteiger partial charge < -0.3 is 19.7 Å². The number of carbonyl (C=O) groups excluding carboxylic acids is 2. The first-order valence-electron chi connectivity index (χ1n) is 8.08. The van der Waals surface area contributed by atoms with Gasteiger partial charge in [-0.3, -0.25) is 9.59 Å². The van der Waals surface area contributed by atoms with Crippen molar-refractivity contribution in [1.82, 2.24) is 0 Å². The molecule has 2 N–H and O–H groups in total. The fraction of sp³-hybridized carbons (Fsp3) is 0.143. The van der Waals surface area contributed by atoms with E-state index in [1.54, 1.807) is 36.4 Å². The van der Waals surface area contributed by atoms with E-state index in [9.17, 15) is 19.8 Å². The maximum Gasteiger partial charge on any atom is 0.163 e. The zero-order chi connectivity index (χ0) is 19.8. The van der Waals surface area contributed by atoms with Gasteiger partial charge in [0.1, 0.15) is 0 Å². The Morgan fingerprint density at radius 3 is 1.57 bits per heavy atom. The number of hydrogen-bond donors (Lipinski definition) is 2. The summed E-state index contributed by atoms with van der Waals surface area (Å²) in [6.45, 7) is 0. The molecule has 28 heavy (non-hydrogen) atoms. The van der Waals surface area contributed by atoms with Crippen LogP contribution in [0.4, 0.5) is 0 Å². The molecule has 142 valence electrons. The molecule has 0 aliphatic rings. The van der Waals surface area contributed by atoms with E-state index in [1.165, 1.54) is 38.5 Å². The van der Waals surface area contributed by atoms with Gasteiger partial charge in [-0.1, -0.05) is 24.3 Å². The molecule has 0 spiro atoms. The summed E-state index contributed by atoms with van der Waals surface area (Å²) in [5, 5.41) is 19.1. The molecule has 0 saturated heterocycles. The Bertz CT molecular complexity index is 828. The van der Waals surface area contributed by atoms with E-state index in [0.717, 1.165) is 0 Å². The quantitative estimate of drug-likeness (QED) is 0.396. The number of ketones is 2. The molecule has 2 aromatic rings. The molecule has 2 rings (SSSR count). The Kier molecular flexibility index (Phi) is 9.79. The van der Waals surface area contributed by atoms with Crippen molar-refractivity contribution in [3.63, 3.8) is 0 Å². The average Bonchev–Trinajstić information content (AvgIpc) is 2.66. The van der Waals surface area contributed by atoms with Crippen molar-refractivity contribution in [2.75, 3.05) is 14.2 Å². The summed E-state index contributed by atoms with van der Waals surface area (Å²) < 4.78 is 10.00. The molecule has 0 aliphatic heterocycles. The Morgan fingerprint density at radius 1 is 0.821 bits per heavy atom. The van der Waals surface area contributed by atoms with Gasteiger partial charge >= 0.3 is 0 Å². The largest absolute Gasteiger partial charge is 0.504 e. The second kappa shape index (κ2) is 11.5. The first-order chi connectivity index (χ1) is 12.9. The van der Waals surface area contributed by atoms with Gasteiger partial charge in [-0.05, 0) is 47.5 Å². The molecule has 0 atom stereocenters. The summed E-state index contributed by atoms with van der Waals surface area (Å²) in [7, 11) is 2.87. The summed E-state index contributed by atoms with van der Waals surface area (Å²) in [5.74, 6) is -0.0832. The van der Waals surface area contributed by atoms with Crippen molar-refractivity contribution in [2.24, 2.45) is 0 Å². The van der Waals surface area contributed by atoms with E-state index >= 15 is 0 Å². The fourth-order valence-corrected chi connectivity index (χ4v) is 2.26. The van der Waals surface area contributed by atoms with Gasteiger partial charge in [-0.25, -0.2) is 0 Å². The number of rotatable bonds is 8. The molecular formula is C21H20CaO6. The van der Waals surface area contributed by atoms with E-state index < -0.39 is 0 Å². The smallest absolute Gasteiger partial charge is 0.163 e. The molecule has 0 heterocycles. The van der Waals surface area contributed by atoms with Crippen molar-refractivity contribution < 1.29 is 29.3 Å². The molecule has 0 unspecified atom stereocenters. The summed E-state index contributed by atoms with van der Waals surface area (Å²) in [6, 6.07) is 9.34. The van der Waals surface area contributed by atoms with Crippen LogP contribution in [0.5, 0.6) is 23.0 Å². The summed E-state index contributed by atoms with van der Waals surface area (Å²) >= 11 is 0. The van der Waals surface area contributed by atoms with Gasteiger partial charge in [-0.2, -0.15) is 0 Å². The van der Waals surface area contributed by atoms with E-state index in [1.807, 2.05) is 0 Å². The maximum absolute atomic E-state index is 11.9. The van der Waals surface area contributed by atoms with Crippen LogP contribution in [0, 0.1) is 0 Å². The average molecular weight is 408 g/mol. The minimum Gasteiger partial charge on any atom is -0.504 e. The number of methoxy groups -OCH3 is 2. The van der Waals surface area contributed by atoms with Crippen LogP contribution in [0.2, 0.25) is 0 Å². The number of allylic oxidation sites excluding steroid dienone is 2. The predicted molar refractivity (Wildman–Crippen MR) is 108 cm³/mol. The minimum absolute atomic E-state index is 0. The molecule has 0 aromatic heterocycles. The minimum atomic E-state index is -0.347. The molecular weight excluding hydrogens is 388 g/mol. The van der Waals surface area contributed by atoms with Crippen molar-refractivity contribution in [3.05, 3.63) is 59.7 Å². The van der Waals surface area contributed by atoms with Gasteiger partial charge in [0.25, 0.3) is 0 Å². The van der Waals surface area contributed by atoms with Gasteiger partial charge in [0, 0.05) is 37.7 Å². The van der Waals surface area contributed by atoms with Gasteiger partial charge in [0.15, 0.2) is 34.6 Å². The third kappa shape index (κ3) is 7.03. The summed E-state index contributed by atoms with van der Waals surface area (Å²) in [5.41, 5.74) is 1.33. The number of aromatic hydroxyl groups is 2. The Labute approximate surface area is 193 Å². The van der Waals surface area contributed by atoms with Gasteiger partial charge in [0.2, 0.25) is 0 Å². The Morgan fingerprint density at radius 2 is 1.21 bits per heavy atom. The number of phenols is 2. The normalized spacial score (nSPS) is 10.6. The Hall–Kier alpha value is -2.28. The van der Waals surface area contributed by atoms with Crippen LogP contribution in [0.1, 0.15) is 17.5 Å². The van der Waals surface area contributed by atoms with E-state index in [4.69, 9.17) is 9.47 Å². The second-order valence-electron chi connectivity index (χ2n) is 5.64. The molecule has 2 aromatic carbocycles. The zero-order valence-corrected chi connectivity index (χ0v) is 17.9. The molecule has 0 saturated carbocycles. The van der Waals surface area contributed by atoms with Gasteiger partial charge in [-0.15, -0.1) is 0 Å². The number of carbonyl (C=O) groups is 2. The first kappa shape index (κ1) is 23.8. The molecule has 0 fully saturated rings. The SMILES string of the molecule is COc1cc(C=CC(=O)CC(=O)C=Cc2ccc(O)c(OC)c2)ccc1O.[Ca]. The van der Waals surface area contributed by atoms with Crippen molar-refractivity contribution >= 4 is 61.5 Å². The van der Waals surface area contributed by atoms with Crippen molar-refractivity contribution in [2.45, 2.75) is 6.42 Å². The number of ether oxygens (including phenoxy) is 2. The molecule has 0 amide bonds. The van der Waals surface area contributed by atoms with E-state index in [-0.39, 0.29) is 67.2 Å². The monoisotopic (exact) mass is 408 g/mol. The number of phenolic OH excluding ortho intramolecular Hbond substituents is 2. The van der Waals surface area contributed by atoms with Crippen molar-refractivity contribution in [1.29, 1.82) is 0 Å². The predicted octanol–water partition coefficient (Wildman–Crippen LogP) is 2.99. The maximum atomic E-state index is 11.9. The fourth-order valence-electron chi connectivity index (χ4n) is 2.26. The molecule has 2 radical (unpaired) electrons. The summed E-state index contributed by atoms with van der Waals surface area (Å²) in [4.78, 5) is 23.9. The van der Waals surface area contributed by atoms with Crippen LogP contribution in [0.25, 0.3) is 12.2 Å². The topological polar surface area (TPSA) is 93.1 Å². The van der Waals surface area contributed by atoms with Crippen LogP contribution >= 0.6 is 0 Å². The van der Waals surface area contributed by atoms with Crippen LogP contribution in [-0.2, 0) is 9.59 Å². The van der Waals surface area contributed by atoms with E-state index in [2.05, 4.69) is 0 Å². The zero-order valence-electron chi connectivity index (χ0n) is 15.7. The Balaban J connectivity index is 0.00000392. The second-order valence-corrected chi connectivity index (χ2v) is 5.64. The van der Waals surface area contributed by atoms with Crippen LogP contribution in [-0.4, -0.2) is 73.7 Å². The van der Waals surface area contributed by atoms with Crippen LogP contribution in [0.15, 0.2) is 48.6 Å². The van der Waals surface area contributed by atoms with Gasteiger partial charge in [0.05, 0.1) is 20.6 Å². The first-order valence-corrected chi connectivity index (χ1v) is 8.08. The third-order valence-corrected chi connectivity index (χ3v) is 3.68. The number of benzene rings is 2.